The Kier molecular flexibility index (Phi) is 20.2. The van der Waals surface area contributed by atoms with Gasteiger partial charge in [0.2, 0.25) is 0 Å². The summed E-state index contributed by atoms with van der Waals surface area (Å²) >= 11 is 0. The molecule has 0 heterocycles. The maximum atomic E-state index is 3.86. The highest BCUT2D eigenvalue weighted by atomic mass is 15.0. The van der Waals surface area contributed by atoms with Gasteiger partial charge in [0.25, 0.3) is 0 Å². The third-order valence-electron chi connectivity index (χ3n) is 6.83. The van der Waals surface area contributed by atoms with Crippen LogP contribution in [-0.2, 0) is 0 Å². The van der Waals surface area contributed by atoms with Gasteiger partial charge in [-0.25, -0.2) is 0 Å². The second kappa shape index (κ2) is 20.2. The number of rotatable bonds is 22. The molecule has 1 nitrogen and oxygen atoms in total. The topological polar surface area (TPSA) is 12.0 Å². The van der Waals surface area contributed by atoms with Gasteiger partial charge in [-0.3, -0.25) is 0 Å². The maximum Gasteiger partial charge on any atom is 0.0150 e. The Labute approximate surface area is 180 Å². The number of hydrogen-bond acceptors (Lipinski definition) is 1. The zero-order valence-corrected chi connectivity index (χ0v) is 20.7. The van der Waals surface area contributed by atoms with Gasteiger partial charge >= 0.3 is 0 Å². The summed E-state index contributed by atoms with van der Waals surface area (Å²) in [6.07, 6.45) is 27.1. The first kappa shape index (κ1) is 28.0. The summed E-state index contributed by atoms with van der Waals surface area (Å²) in [5, 5.41) is 3.86. The van der Waals surface area contributed by atoms with Crippen molar-refractivity contribution in [1.82, 2.24) is 5.32 Å². The van der Waals surface area contributed by atoms with Crippen molar-refractivity contribution in [1.29, 1.82) is 0 Å². The highest BCUT2D eigenvalue weighted by molar-refractivity contribution is 4.83. The first-order valence-electron chi connectivity index (χ1n) is 13.3. The molecule has 0 aromatic heterocycles. The van der Waals surface area contributed by atoms with E-state index in [9.17, 15) is 0 Å². The Balaban J connectivity index is 3.45. The molecule has 28 heavy (non-hydrogen) atoms. The molecule has 1 heteroatoms. The molecule has 0 saturated carbocycles. The van der Waals surface area contributed by atoms with E-state index in [1.54, 1.807) is 0 Å². The largest absolute Gasteiger partial charge is 0.312 e. The van der Waals surface area contributed by atoms with Gasteiger partial charge in [-0.15, -0.1) is 0 Å². The monoisotopic (exact) mass is 395 g/mol. The van der Waals surface area contributed by atoms with E-state index < -0.39 is 0 Å². The molecule has 0 rings (SSSR count). The molecule has 0 aromatic carbocycles. The molecule has 0 fully saturated rings. The summed E-state index contributed by atoms with van der Waals surface area (Å²) < 4.78 is 0. The second-order valence-corrected chi connectivity index (χ2v) is 10.00. The molecule has 0 aliphatic rings. The summed E-state index contributed by atoms with van der Waals surface area (Å²) in [5.74, 6) is 0.774. The van der Waals surface area contributed by atoms with Crippen molar-refractivity contribution in [3.8, 4) is 0 Å². The minimum absolute atomic E-state index is 0.293. The van der Waals surface area contributed by atoms with Gasteiger partial charge in [0.15, 0.2) is 0 Å². The molecule has 170 valence electrons. The van der Waals surface area contributed by atoms with Gasteiger partial charge in [0.1, 0.15) is 0 Å². The van der Waals surface area contributed by atoms with E-state index in [2.05, 4.69) is 39.9 Å². The molecule has 0 aromatic rings. The van der Waals surface area contributed by atoms with Crippen LogP contribution in [0, 0.1) is 5.92 Å². The van der Waals surface area contributed by atoms with Crippen LogP contribution in [0.2, 0.25) is 0 Å². The minimum atomic E-state index is 0.293. The second-order valence-electron chi connectivity index (χ2n) is 10.00. The van der Waals surface area contributed by atoms with Crippen LogP contribution in [-0.4, -0.2) is 12.1 Å². The number of unbranched alkanes of at least 4 members (excludes halogenated alkanes) is 16. The van der Waals surface area contributed by atoms with Crippen LogP contribution in [0.4, 0.5) is 0 Å². The molecule has 1 atom stereocenters. The molecule has 0 aliphatic carbocycles. The Morgan fingerprint density at radius 1 is 0.536 bits per heavy atom. The smallest absolute Gasteiger partial charge is 0.0150 e. The number of hydrogen-bond donors (Lipinski definition) is 1. The Bertz CT molecular complexity index is 297. The first-order chi connectivity index (χ1) is 13.5. The lowest BCUT2D eigenvalue weighted by Crippen LogP contribution is -2.45. The van der Waals surface area contributed by atoms with Crippen LogP contribution in [0.1, 0.15) is 157 Å². The maximum absolute atomic E-state index is 3.86. The lowest BCUT2D eigenvalue weighted by atomic mass is 9.84. The summed E-state index contributed by atoms with van der Waals surface area (Å²) in [5.41, 5.74) is 0.293. The summed E-state index contributed by atoms with van der Waals surface area (Å²) in [6.45, 7) is 13.1. The molecular formula is C27H57N. The molecule has 1 N–H and O–H groups in total. The molecule has 0 radical (unpaired) electrons. The van der Waals surface area contributed by atoms with E-state index in [-0.39, 0.29) is 0 Å². The van der Waals surface area contributed by atoms with Gasteiger partial charge in [-0.2, -0.15) is 0 Å². The van der Waals surface area contributed by atoms with Crippen LogP contribution < -0.4 is 5.32 Å². The minimum Gasteiger partial charge on any atom is -0.312 e. The first-order valence-corrected chi connectivity index (χ1v) is 13.3. The van der Waals surface area contributed by atoms with Crippen molar-refractivity contribution < 1.29 is 0 Å². The van der Waals surface area contributed by atoms with E-state index in [4.69, 9.17) is 0 Å². The van der Waals surface area contributed by atoms with Crippen molar-refractivity contribution in [2.45, 2.75) is 162 Å². The predicted octanol–water partition coefficient (Wildman–Crippen LogP) is 9.44. The van der Waals surface area contributed by atoms with E-state index in [1.165, 1.54) is 129 Å². The Hall–Kier alpha value is -0.0400. The van der Waals surface area contributed by atoms with Gasteiger partial charge in [-0.1, -0.05) is 130 Å². The summed E-state index contributed by atoms with van der Waals surface area (Å²) in [6, 6.07) is 0. The average Bonchev–Trinajstić information content (AvgIpc) is 2.68. The van der Waals surface area contributed by atoms with E-state index in [0.717, 1.165) is 5.92 Å². The van der Waals surface area contributed by atoms with E-state index in [1.807, 2.05) is 0 Å². The van der Waals surface area contributed by atoms with Gasteiger partial charge in [0, 0.05) is 5.54 Å². The average molecular weight is 396 g/mol. The molecule has 0 spiro atoms. The van der Waals surface area contributed by atoms with Gasteiger partial charge in [-0.05, 0) is 39.2 Å². The quantitative estimate of drug-likeness (QED) is 0.180. The van der Waals surface area contributed by atoms with Gasteiger partial charge < -0.3 is 5.32 Å². The SMILES string of the molecule is CCCCCCCCCCCCCCNC(C)(C)C(C)CCCCCCCC. The van der Waals surface area contributed by atoms with Crippen LogP contribution in [0.15, 0.2) is 0 Å². The third kappa shape index (κ3) is 18.0. The number of nitrogens with one attached hydrogen (secondary N) is 1. The molecule has 1 unspecified atom stereocenters. The molecule has 0 bridgehead atoms. The standard InChI is InChI=1S/C27H57N/c1-6-8-10-12-14-15-16-17-18-19-21-23-25-28-27(4,5)26(3)24-22-20-13-11-9-7-2/h26,28H,6-25H2,1-5H3. The fraction of sp³-hybridized carbons (Fsp3) is 1.00. The lowest BCUT2D eigenvalue weighted by molar-refractivity contribution is 0.249. The van der Waals surface area contributed by atoms with Crippen LogP contribution in [0.3, 0.4) is 0 Å². The summed E-state index contributed by atoms with van der Waals surface area (Å²) in [7, 11) is 0. The summed E-state index contributed by atoms with van der Waals surface area (Å²) in [4.78, 5) is 0. The molecule has 0 aliphatic heterocycles. The molecular weight excluding hydrogens is 338 g/mol. The third-order valence-corrected chi connectivity index (χ3v) is 6.83. The van der Waals surface area contributed by atoms with Crippen molar-refractivity contribution >= 4 is 0 Å². The zero-order chi connectivity index (χ0) is 20.9. The van der Waals surface area contributed by atoms with Crippen molar-refractivity contribution in [3.63, 3.8) is 0 Å². The molecule has 0 saturated heterocycles. The predicted molar refractivity (Wildman–Crippen MR) is 130 cm³/mol. The van der Waals surface area contributed by atoms with E-state index >= 15 is 0 Å². The van der Waals surface area contributed by atoms with Crippen LogP contribution >= 0.6 is 0 Å². The Morgan fingerprint density at radius 2 is 0.893 bits per heavy atom. The fourth-order valence-corrected chi connectivity index (χ4v) is 4.14. The normalized spacial score (nSPS) is 13.2. The zero-order valence-electron chi connectivity index (χ0n) is 20.7. The molecule has 0 amide bonds. The highest BCUT2D eigenvalue weighted by Crippen LogP contribution is 2.23. The van der Waals surface area contributed by atoms with Crippen LogP contribution in [0.25, 0.3) is 0 Å². The van der Waals surface area contributed by atoms with Crippen molar-refractivity contribution in [3.05, 3.63) is 0 Å². The fourth-order valence-electron chi connectivity index (χ4n) is 4.14. The van der Waals surface area contributed by atoms with Crippen molar-refractivity contribution in [2.75, 3.05) is 6.54 Å². The van der Waals surface area contributed by atoms with Crippen molar-refractivity contribution in [2.24, 2.45) is 5.92 Å². The van der Waals surface area contributed by atoms with E-state index in [0.29, 0.717) is 5.54 Å². The highest BCUT2D eigenvalue weighted by Gasteiger charge is 2.24. The lowest BCUT2D eigenvalue weighted by Gasteiger charge is -2.33. The Morgan fingerprint density at radius 3 is 1.32 bits per heavy atom. The van der Waals surface area contributed by atoms with Crippen LogP contribution in [0.5, 0.6) is 0 Å². The van der Waals surface area contributed by atoms with Gasteiger partial charge in [0.05, 0.1) is 0 Å².